The highest BCUT2D eigenvalue weighted by atomic mass is 16.3. The quantitative estimate of drug-likeness (QED) is 0.692. The molecule has 1 aromatic carbocycles. The first-order valence-corrected chi connectivity index (χ1v) is 7.05. The minimum absolute atomic E-state index is 0.0203. The minimum atomic E-state index is -0.0700. The SMILES string of the molecule is CC(=NNC(=O)[C@H]1C[C@]1(C)c1ccccc1)c1ccco1. The van der Waals surface area contributed by atoms with Gasteiger partial charge in [0, 0.05) is 5.41 Å². The number of amides is 1. The standard InChI is InChI=1S/C17H18N2O2/c1-12(15-9-6-10-21-15)18-19-16(20)14-11-17(14,2)13-7-4-3-5-8-13/h3-10,14H,11H2,1-2H3,(H,19,20)/t14-,17-/m1/s1. The van der Waals surface area contributed by atoms with E-state index in [9.17, 15) is 4.79 Å². The van der Waals surface area contributed by atoms with Crippen LogP contribution in [0.5, 0.6) is 0 Å². The molecule has 1 aromatic heterocycles. The van der Waals surface area contributed by atoms with Crippen molar-refractivity contribution in [1.29, 1.82) is 0 Å². The Morgan fingerprint density at radius 2 is 2.05 bits per heavy atom. The van der Waals surface area contributed by atoms with Gasteiger partial charge < -0.3 is 4.42 Å². The first kappa shape index (κ1) is 13.6. The van der Waals surface area contributed by atoms with Gasteiger partial charge in [0.2, 0.25) is 5.91 Å². The zero-order chi connectivity index (χ0) is 14.9. The average molecular weight is 282 g/mol. The molecule has 1 aliphatic rings. The Bertz CT molecular complexity index is 661. The van der Waals surface area contributed by atoms with Crippen molar-refractivity contribution in [2.45, 2.75) is 25.7 Å². The number of nitrogens with one attached hydrogen (secondary N) is 1. The molecule has 3 rings (SSSR count). The van der Waals surface area contributed by atoms with E-state index in [-0.39, 0.29) is 17.2 Å². The molecule has 4 heteroatoms. The third-order valence-electron chi connectivity index (χ3n) is 4.20. The van der Waals surface area contributed by atoms with Crippen molar-refractivity contribution < 1.29 is 9.21 Å². The number of benzene rings is 1. The summed E-state index contributed by atoms with van der Waals surface area (Å²) in [6, 6.07) is 13.8. The zero-order valence-corrected chi connectivity index (χ0v) is 12.2. The predicted molar refractivity (Wildman–Crippen MR) is 81.0 cm³/mol. The van der Waals surface area contributed by atoms with Crippen molar-refractivity contribution in [3.8, 4) is 0 Å². The summed E-state index contributed by atoms with van der Waals surface area (Å²) in [5.74, 6) is 0.609. The monoisotopic (exact) mass is 282 g/mol. The summed E-state index contributed by atoms with van der Waals surface area (Å²) in [7, 11) is 0. The third kappa shape index (κ3) is 2.61. The molecular weight excluding hydrogens is 264 g/mol. The average Bonchev–Trinajstić information content (AvgIpc) is 2.96. The molecule has 0 radical (unpaired) electrons. The Morgan fingerprint density at radius 1 is 1.29 bits per heavy atom. The Kier molecular flexibility index (Phi) is 3.37. The maximum Gasteiger partial charge on any atom is 0.244 e. The molecule has 2 aromatic rings. The molecule has 1 amide bonds. The second kappa shape index (κ2) is 5.20. The Hall–Kier alpha value is -2.36. The van der Waals surface area contributed by atoms with Gasteiger partial charge in [-0.05, 0) is 31.0 Å². The molecule has 1 fully saturated rings. The van der Waals surface area contributed by atoms with Crippen LogP contribution in [0.1, 0.15) is 31.6 Å². The van der Waals surface area contributed by atoms with Gasteiger partial charge in [-0.15, -0.1) is 0 Å². The normalized spacial score (nSPS) is 24.7. The highest BCUT2D eigenvalue weighted by Gasteiger charge is 2.55. The molecule has 0 spiro atoms. The van der Waals surface area contributed by atoms with Crippen LogP contribution in [0.3, 0.4) is 0 Å². The van der Waals surface area contributed by atoms with Gasteiger partial charge in [-0.3, -0.25) is 4.79 Å². The fraction of sp³-hybridized carbons (Fsp3) is 0.294. The maximum atomic E-state index is 12.2. The maximum absolute atomic E-state index is 12.2. The molecule has 0 saturated heterocycles. The predicted octanol–water partition coefficient (Wildman–Crippen LogP) is 3.10. The Labute approximate surface area is 123 Å². The lowest BCUT2D eigenvalue weighted by Crippen LogP contribution is -2.24. The van der Waals surface area contributed by atoms with Gasteiger partial charge in [0.1, 0.15) is 11.5 Å². The van der Waals surface area contributed by atoms with Crippen molar-refractivity contribution in [2.24, 2.45) is 11.0 Å². The first-order valence-electron chi connectivity index (χ1n) is 7.05. The van der Waals surface area contributed by atoms with E-state index in [2.05, 4.69) is 29.6 Å². The summed E-state index contributed by atoms with van der Waals surface area (Å²) in [5.41, 5.74) is 4.44. The van der Waals surface area contributed by atoms with Crippen LogP contribution in [0, 0.1) is 5.92 Å². The second-order valence-corrected chi connectivity index (χ2v) is 5.69. The highest BCUT2D eigenvalue weighted by molar-refractivity contribution is 5.97. The number of hydrazone groups is 1. The van der Waals surface area contributed by atoms with Gasteiger partial charge in [-0.25, -0.2) is 5.43 Å². The summed E-state index contributed by atoms with van der Waals surface area (Å²) in [6.07, 6.45) is 2.45. The van der Waals surface area contributed by atoms with Crippen LogP contribution in [-0.4, -0.2) is 11.6 Å². The van der Waals surface area contributed by atoms with Crippen molar-refractivity contribution in [1.82, 2.24) is 5.43 Å². The number of furan rings is 1. The number of hydrogen-bond acceptors (Lipinski definition) is 3. The van der Waals surface area contributed by atoms with E-state index in [0.717, 1.165) is 6.42 Å². The van der Waals surface area contributed by atoms with Crippen molar-refractivity contribution >= 4 is 11.6 Å². The van der Waals surface area contributed by atoms with E-state index in [1.165, 1.54) is 5.56 Å². The number of carbonyl (C=O) groups is 1. The van der Waals surface area contributed by atoms with E-state index < -0.39 is 0 Å². The number of nitrogens with zero attached hydrogens (tertiary/aromatic N) is 1. The van der Waals surface area contributed by atoms with E-state index in [4.69, 9.17) is 4.42 Å². The van der Waals surface area contributed by atoms with Gasteiger partial charge in [0.25, 0.3) is 0 Å². The molecule has 1 saturated carbocycles. The van der Waals surface area contributed by atoms with Crippen LogP contribution in [0.15, 0.2) is 58.2 Å². The van der Waals surface area contributed by atoms with Crippen LogP contribution in [0.2, 0.25) is 0 Å². The second-order valence-electron chi connectivity index (χ2n) is 5.69. The minimum Gasteiger partial charge on any atom is -0.463 e. The van der Waals surface area contributed by atoms with E-state index in [1.807, 2.05) is 31.2 Å². The van der Waals surface area contributed by atoms with Gasteiger partial charge in [-0.2, -0.15) is 5.10 Å². The largest absolute Gasteiger partial charge is 0.463 e. The Balaban J connectivity index is 1.65. The summed E-state index contributed by atoms with van der Waals surface area (Å²) in [4.78, 5) is 12.2. The number of hydrogen-bond donors (Lipinski definition) is 1. The molecule has 1 aliphatic carbocycles. The van der Waals surface area contributed by atoms with E-state index >= 15 is 0 Å². The molecule has 0 bridgehead atoms. The van der Waals surface area contributed by atoms with Crippen molar-refractivity contribution in [2.75, 3.05) is 0 Å². The molecule has 0 aliphatic heterocycles. The van der Waals surface area contributed by atoms with Crippen molar-refractivity contribution in [3.05, 3.63) is 60.1 Å². The van der Waals surface area contributed by atoms with Crippen LogP contribution in [0.25, 0.3) is 0 Å². The molecule has 1 heterocycles. The van der Waals surface area contributed by atoms with Crippen LogP contribution >= 0.6 is 0 Å². The van der Waals surface area contributed by atoms with Crippen LogP contribution in [-0.2, 0) is 10.2 Å². The number of carbonyl (C=O) groups excluding carboxylic acids is 1. The molecule has 108 valence electrons. The Morgan fingerprint density at radius 3 is 2.71 bits per heavy atom. The molecule has 0 unspecified atom stereocenters. The van der Waals surface area contributed by atoms with Crippen LogP contribution in [0.4, 0.5) is 0 Å². The highest BCUT2D eigenvalue weighted by Crippen LogP contribution is 2.53. The number of rotatable bonds is 4. The van der Waals surface area contributed by atoms with Crippen LogP contribution < -0.4 is 5.43 Å². The van der Waals surface area contributed by atoms with Gasteiger partial charge in [0.15, 0.2) is 0 Å². The summed E-state index contributed by atoms with van der Waals surface area (Å²) < 4.78 is 5.23. The molecular formula is C17H18N2O2. The molecule has 21 heavy (non-hydrogen) atoms. The summed E-state index contributed by atoms with van der Waals surface area (Å²) >= 11 is 0. The van der Waals surface area contributed by atoms with E-state index in [1.54, 1.807) is 12.3 Å². The van der Waals surface area contributed by atoms with E-state index in [0.29, 0.717) is 11.5 Å². The van der Waals surface area contributed by atoms with Crippen molar-refractivity contribution in [3.63, 3.8) is 0 Å². The molecule has 2 atom stereocenters. The molecule has 1 N–H and O–H groups in total. The zero-order valence-electron chi connectivity index (χ0n) is 12.2. The lowest BCUT2D eigenvalue weighted by molar-refractivity contribution is -0.122. The molecule has 4 nitrogen and oxygen atoms in total. The summed E-state index contributed by atoms with van der Waals surface area (Å²) in [6.45, 7) is 3.93. The smallest absolute Gasteiger partial charge is 0.244 e. The fourth-order valence-corrected chi connectivity index (χ4v) is 2.64. The van der Waals surface area contributed by atoms with Gasteiger partial charge >= 0.3 is 0 Å². The topological polar surface area (TPSA) is 54.6 Å². The lowest BCUT2D eigenvalue weighted by Gasteiger charge is -2.10. The van der Waals surface area contributed by atoms with Gasteiger partial charge in [0.05, 0.1) is 12.2 Å². The lowest BCUT2D eigenvalue weighted by atomic mass is 9.95. The fourth-order valence-electron chi connectivity index (χ4n) is 2.64. The van der Waals surface area contributed by atoms with Gasteiger partial charge in [-0.1, -0.05) is 37.3 Å². The third-order valence-corrected chi connectivity index (χ3v) is 4.20. The summed E-state index contributed by atoms with van der Waals surface area (Å²) in [5, 5.41) is 4.11. The first-order chi connectivity index (χ1) is 10.1.